The molecule has 8 nitrogen and oxygen atoms in total. The zero-order valence-electron chi connectivity index (χ0n) is 22.6. The molecule has 1 aliphatic rings. The summed E-state index contributed by atoms with van der Waals surface area (Å²) in [6.45, 7) is 5.78. The third-order valence-electron chi connectivity index (χ3n) is 6.51. The molecule has 1 amide bonds. The monoisotopic (exact) mass is 529 g/mol. The molecule has 1 N–H and O–H groups in total. The van der Waals surface area contributed by atoms with Crippen LogP contribution in [0.15, 0.2) is 72.3 Å². The molecule has 8 heteroatoms. The van der Waals surface area contributed by atoms with Gasteiger partial charge in [0.1, 0.15) is 17.3 Å². The van der Waals surface area contributed by atoms with Gasteiger partial charge >= 0.3 is 5.97 Å². The van der Waals surface area contributed by atoms with Crippen molar-refractivity contribution < 1.29 is 33.7 Å². The Morgan fingerprint density at radius 3 is 2.15 bits per heavy atom. The number of benzene rings is 3. The van der Waals surface area contributed by atoms with Crippen molar-refractivity contribution in [2.75, 3.05) is 14.2 Å². The van der Waals surface area contributed by atoms with E-state index in [9.17, 15) is 19.5 Å². The van der Waals surface area contributed by atoms with Crippen LogP contribution in [0.25, 0.3) is 5.76 Å². The quantitative estimate of drug-likeness (QED) is 0.185. The van der Waals surface area contributed by atoms with Gasteiger partial charge in [0.05, 0.1) is 37.5 Å². The number of ketones is 1. The zero-order chi connectivity index (χ0) is 28.3. The van der Waals surface area contributed by atoms with Crippen LogP contribution >= 0.6 is 0 Å². The lowest BCUT2D eigenvalue weighted by Crippen LogP contribution is -2.29. The number of methoxy groups -OCH3 is 2. The summed E-state index contributed by atoms with van der Waals surface area (Å²) in [6.07, 6.45) is -0.0229. The van der Waals surface area contributed by atoms with Gasteiger partial charge in [-0.1, -0.05) is 24.3 Å². The Balaban J connectivity index is 1.79. The summed E-state index contributed by atoms with van der Waals surface area (Å²) in [5.74, 6) is -0.961. The molecule has 0 aliphatic carbocycles. The minimum absolute atomic E-state index is 0.00623. The summed E-state index contributed by atoms with van der Waals surface area (Å²) in [7, 11) is 2.85. The molecule has 1 fully saturated rings. The van der Waals surface area contributed by atoms with E-state index in [4.69, 9.17) is 14.2 Å². The fraction of sp³-hybridized carbons (Fsp3) is 0.258. The molecule has 0 radical (unpaired) electrons. The lowest BCUT2D eigenvalue weighted by Gasteiger charge is -2.25. The van der Waals surface area contributed by atoms with E-state index in [2.05, 4.69) is 0 Å². The van der Waals surface area contributed by atoms with Crippen molar-refractivity contribution in [3.05, 3.63) is 100 Å². The third-order valence-corrected chi connectivity index (χ3v) is 6.51. The molecule has 39 heavy (non-hydrogen) atoms. The number of rotatable bonds is 8. The standard InChI is InChI=1S/C31H31NO7/c1-18(2)39-25-15-12-23(16-19(25)3)28(33)26-27(21-10-13-24(37-4)14-11-21)32(30(35)29(26)34)17-20-6-8-22(9-7-20)31(36)38-5/h6-16,18,27,33H,17H2,1-5H3/b28-26-. The molecule has 3 aromatic rings. The molecule has 1 unspecified atom stereocenters. The molecule has 1 heterocycles. The van der Waals surface area contributed by atoms with Gasteiger partial charge in [-0.25, -0.2) is 4.79 Å². The van der Waals surface area contributed by atoms with Gasteiger partial charge in [0.2, 0.25) is 0 Å². The van der Waals surface area contributed by atoms with Crippen LogP contribution in [-0.4, -0.2) is 48.0 Å². The van der Waals surface area contributed by atoms with Crippen LogP contribution in [0.5, 0.6) is 11.5 Å². The van der Waals surface area contributed by atoms with Gasteiger partial charge in [-0.15, -0.1) is 0 Å². The number of Topliss-reactive ketones (excluding diaryl/α,β-unsaturated/α-hetero) is 1. The summed E-state index contributed by atoms with van der Waals surface area (Å²) in [5, 5.41) is 11.4. The molecule has 0 saturated carbocycles. The molecule has 1 saturated heterocycles. The Hall–Kier alpha value is -4.59. The molecule has 202 valence electrons. The number of aliphatic hydroxyl groups excluding tert-OH is 1. The van der Waals surface area contributed by atoms with Gasteiger partial charge in [0.15, 0.2) is 0 Å². The lowest BCUT2D eigenvalue weighted by molar-refractivity contribution is -0.140. The average molecular weight is 530 g/mol. The summed E-state index contributed by atoms with van der Waals surface area (Å²) in [6, 6.07) is 17.9. The Kier molecular flexibility index (Phi) is 8.04. The van der Waals surface area contributed by atoms with Gasteiger partial charge in [0.25, 0.3) is 11.7 Å². The van der Waals surface area contributed by atoms with E-state index in [0.717, 1.165) is 5.56 Å². The molecular formula is C31H31NO7. The van der Waals surface area contributed by atoms with Crippen LogP contribution in [0.2, 0.25) is 0 Å². The number of ether oxygens (including phenoxy) is 3. The topological polar surface area (TPSA) is 102 Å². The third kappa shape index (κ3) is 5.65. The number of carbonyl (C=O) groups is 3. The van der Waals surface area contributed by atoms with Crippen molar-refractivity contribution in [3.63, 3.8) is 0 Å². The highest BCUT2D eigenvalue weighted by Crippen LogP contribution is 2.41. The molecule has 0 aromatic heterocycles. The number of carbonyl (C=O) groups excluding carboxylic acids is 3. The second-order valence-corrected chi connectivity index (χ2v) is 9.54. The summed E-state index contributed by atoms with van der Waals surface area (Å²) < 4.78 is 15.8. The molecule has 3 aromatic carbocycles. The first kappa shape index (κ1) is 27.4. The summed E-state index contributed by atoms with van der Waals surface area (Å²) in [4.78, 5) is 40.0. The van der Waals surface area contributed by atoms with Crippen LogP contribution in [0.3, 0.4) is 0 Å². The number of esters is 1. The second kappa shape index (κ2) is 11.4. The van der Waals surface area contributed by atoms with Crippen LogP contribution in [0, 0.1) is 6.92 Å². The number of aryl methyl sites for hydroxylation is 1. The van der Waals surface area contributed by atoms with E-state index < -0.39 is 23.7 Å². The van der Waals surface area contributed by atoms with Crippen molar-refractivity contribution in [2.45, 2.75) is 39.5 Å². The fourth-order valence-corrected chi connectivity index (χ4v) is 4.57. The highest BCUT2D eigenvalue weighted by Gasteiger charge is 2.46. The maximum atomic E-state index is 13.4. The smallest absolute Gasteiger partial charge is 0.337 e. The summed E-state index contributed by atoms with van der Waals surface area (Å²) >= 11 is 0. The average Bonchev–Trinajstić information content (AvgIpc) is 3.18. The first-order valence-electron chi connectivity index (χ1n) is 12.5. The van der Waals surface area contributed by atoms with Crippen molar-refractivity contribution in [2.24, 2.45) is 0 Å². The number of aliphatic hydroxyl groups is 1. The predicted octanol–water partition coefficient (Wildman–Crippen LogP) is 5.20. The van der Waals surface area contributed by atoms with Crippen LogP contribution in [-0.2, 0) is 20.9 Å². The van der Waals surface area contributed by atoms with Gasteiger partial charge in [-0.3, -0.25) is 9.59 Å². The van der Waals surface area contributed by atoms with Gasteiger partial charge in [-0.2, -0.15) is 0 Å². The van der Waals surface area contributed by atoms with Gasteiger partial charge < -0.3 is 24.2 Å². The molecule has 0 spiro atoms. The number of amides is 1. The molecule has 1 atom stereocenters. The van der Waals surface area contributed by atoms with Crippen LogP contribution in [0.1, 0.15) is 52.5 Å². The number of likely N-dealkylation sites (tertiary alicyclic amines) is 1. The fourth-order valence-electron chi connectivity index (χ4n) is 4.57. The number of hydrogen-bond acceptors (Lipinski definition) is 7. The maximum absolute atomic E-state index is 13.4. The van der Waals surface area contributed by atoms with Crippen molar-refractivity contribution in [1.29, 1.82) is 0 Å². The van der Waals surface area contributed by atoms with Gasteiger partial charge in [0, 0.05) is 12.1 Å². The highest BCUT2D eigenvalue weighted by atomic mass is 16.5. The Labute approximate surface area is 227 Å². The largest absolute Gasteiger partial charge is 0.507 e. The molecule has 0 bridgehead atoms. The minimum atomic E-state index is -0.844. The van der Waals surface area contributed by atoms with Crippen LogP contribution in [0.4, 0.5) is 0 Å². The maximum Gasteiger partial charge on any atom is 0.337 e. The van der Waals surface area contributed by atoms with Crippen molar-refractivity contribution >= 4 is 23.4 Å². The van der Waals surface area contributed by atoms with E-state index in [0.29, 0.717) is 33.8 Å². The molecular weight excluding hydrogens is 498 g/mol. The number of hydrogen-bond donors (Lipinski definition) is 1. The Morgan fingerprint density at radius 1 is 0.949 bits per heavy atom. The van der Waals surface area contributed by atoms with E-state index in [1.165, 1.54) is 12.0 Å². The van der Waals surface area contributed by atoms with E-state index in [1.54, 1.807) is 73.8 Å². The Bertz CT molecular complexity index is 1420. The predicted molar refractivity (Wildman–Crippen MR) is 146 cm³/mol. The normalized spacial score (nSPS) is 16.5. The molecule has 4 rings (SSSR count). The van der Waals surface area contributed by atoms with Crippen molar-refractivity contribution in [3.8, 4) is 11.5 Å². The first-order chi connectivity index (χ1) is 18.6. The molecule has 1 aliphatic heterocycles. The minimum Gasteiger partial charge on any atom is -0.507 e. The highest BCUT2D eigenvalue weighted by molar-refractivity contribution is 6.46. The summed E-state index contributed by atoms with van der Waals surface area (Å²) in [5.41, 5.74) is 2.90. The van der Waals surface area contributed by atoms with E-state index >= 15 is 0 Å². The lowest BCUT2D eigenvalue weighted by atomic mass is 9.94. The number of nitrogens with zero attached hydrogens (tertiary/aromatic N) is 1. The Morgan fingerprint density at radius 2 is 1.59 bits per heavy atom. The van der Waals surface area contributed by atoms with Crippen LogP contribution < -0.4 is 9.47 Å². The SMILES string of the molecule is COC(=O)c1ccc(CN2C(=O)C(=O)/C(=C(\O)c3ccc(OC(C)C)c(C)c3)C2c2ccc(OC)cc2)cc1. The van der Waals surface area contributed by atoms with E-state index in [-0.39, 0.29) is 24.0 Å². The van der Waals surface area contributed by atoms with E-state index in [1.807, 2.05) is 20.8 Å². The second-order valence-electron chi connectivity index (χ2n) is 9.54. The van der Waals surface area contributed by atoms with Gasteiger partial charge in [-0.05, 0) is 79.9 Å². The first-order valence-corrected chi connectivity index (χ1v) is 12.5. The van der Waals surface area contributed by atoms with Crippen molar-refractivity contribution in [1.82, 2.24) is 4.90 Å². The zero-order valence-corrected chi connectivity index (χ0v) is 22.6.